The molecule has 2 aromatic rings. The molecule has 5 heteroatoms. The van der Waals surface area contributed by atoms with Crippen molar-refractivity contribution in [2.75, 3.05) is 16.8 Å². The number of aryl methyl sites for hydroxylation is 2. The van der Waals surface area contributed by atoms with E-state index in [1.807, 2.05) is 49.4 Å². The number of amides is 2. The van der Waals surface area contributed by atoms with Crippen LogP contribution in [-0.2, 0) is 16.0 Å². The molecule has 4 nitrogen and oxygen atoms in total. The molecular formula is C18H17BrN2O2. The smallest absolute Gasteiger partial charge is 0.244 e. The summed E-state index contributed by atoms with van der Waals surface area (Å²) in [5, 5.41) is 2.85. The quantitative estimate of drug-likeness (QED) is 0.893. The van der Waals surface area contributed by atoms with Gasteiger partial charge in [-0.25, -0.2) is 0 Å². The molecule has 0 aromatic heterocycles. The highest BCUT2D eigenvalue weighted by atomic mass is 79.9. The molecule has 23 heavy (non-hydrogen) atoms. The summed E-state index contributed by atoms with van der Waals surface area (Å²) >= 11 is 3.44. The fourth-order valence-corrected chi connectivity index (χ4v) is 2.98. The van der Waals surface area contributed by atoms with Crippen LogP contribution in [0.25, 0.3) is 0 Å². The van der Waals surface area contributed by atoms with Crippen LogP contribution in [0.1, 0.15) is 17.5 Å². The summed E-state index contributed by atoms with van der Waals surface area (Å²) in [6, 6.07) is 13.4. The van der Waals surface area contributed by atoms with E-state index < -0.39 is 0 Å². The van der Waals surface area contributed by atoms with E-state index in [0.29, 0.717) is 6.42 Å². The minimum absolute atomic E-state index is 0.00848. The molecule has 0 saturated heterocycles. The number of nitrogens with one attached hydrogen (secondary N) is 1. The molecule has 0 aliphatic carbocycles. The van der Waals surface area contributed by atoms with Crippen molar-refractivity contribution < 1.29 is 9.59 Å². The number of carbonyl (C=O) groups is 2. The lowest BCUT2D eigenvalue weighted by Gasteiger charge is -2.28. The van der Waals surface area contributed by atoms with E-state index in [9.17, 15) is 9.59 Å². The second-order valence-electron chi connectivity index (χ2n) is 5.62. The van der Waals surface area contributed by atoms with Gasteiger partial charge in [0.1, 0.15) is 6.54 Å². The van der Waals surface area contributed by atoms with Crippen LogP contribution in [0.15, 0.2) is 46.9 Å². The Morgan fingerprint density at radius 2 is 2.00 bits per heavy atom. The largest absolute Gasteiger partial charge is 0.325 e. The molecule has 2 amide bonds. The van der Waals surface area contributed by atoms with Gasteiger partial charge in [0.25, 0.3) is 0 Å². The van der Waals surface area contributed by atoms with Crippen LogP contribution in [-0.4, -0.2) is 18.4 Å². The first-order valence-electron chi connectivity index (χ1n) is 7.49. The van der Waals surface area contributed by atoms with Crippen molar-refractivity contribution in [1.29, 1.82) is 0 Å². The molecule has 0 unspecified atom stereocenters. The summed E-state index contributed by atoms with van der Waals surface area (Å²) in [6.45, 7) is 2.00. The van der Waals surface area contributed by atoms with Crippen LogP contribution in [0.5, 0.6) is 0 Å². The van der Waals surface area contributed by atoms with Crippen LogP contribution in [0.2, 0.25) is 0 Å². The van der Waals surface area contributed by atoms with E-state index in [1.54, 1.807) is 4.90 Å². The van der Waals surface area contributed by atoms with E-state index >= 15 is 0 Å². The minimum Gasteiger partial charge on any atom is -0.325 e. The van der Waals surface area contributed by atoms with Gasteiger partial charge in [-0.15, -0.1) is 0 Å². The highest BCUT2D eigenvalue weighted by Crippen LogP contribution is 2.27. The first-order chi connectivity index (χ1) is 11.0. The summed E-state index contributed by atoms with van der Waals surface area (Å²) in [5.74, 6) is -0.206. The highest BCUT2D eigenvalue weighted by Gasteiger charge is 2.25. The molecule has 2 aromatic carbocycles. The lowest BCUT2D eigenvalue weighted by molar-refractivity contribution is -0.121. The number of hydrogen-bond donors (Lipinski definition) is 1. The molecule has 3 rings (SSSR count). The first-order valence-corrected chi connectivity index (χ1v) is 8.28. The Balaban J connectivity index is 1.75. The predicted molar refractivity (Wildman–Crippen MR) is 94.6 cm³/mol. The number of anilines is 2. The van der Waals surface area contributed by atoms with Crippen LogP contribution in [0.4, 0.5) is 11.4 Å². The Bertz CT molecular complexity index is 773. The maximum absolute atomic E-state index is 12.3. The number of nitrogens with zero attached hydrogens (tertiary/aromatic N) is 1. The normalized spacial score (nSPS) is 13.7. The van der Waals surface area contributed by atoms with Gasteiger partial charge in [0.2, 0.25) is 11.8 Å². The molecule has 0 radical (unpaired) electrons. The lowest BCUT2D eigenvalue weighted by atomic mass is 10.0. The molecule has 1 aliphatic rings. The van der Waals surface area contributed by atoms with Crippen molar-refractivity contribution in [2.24, 2.45) is 0 Å². The van der Waals surface area contributed by atoms with Crippen LogP contribution < -0.4 is 10.2 Å². The third-order valence-corrected chi connectivity index (χ3v) is 4.82. The number of rotatable bonds is 3. The van der Waals surface area contributed by atoms with Crippen molar-refractivity contribution in [3.05, 3.63) is 58.1 Å². The average Bonchev–Trinajstić information content (AvgIpc) is 2.54. The van der Waals surface area contributed by atoms with Crippen molar-refractivity contribution in [2.45, 2.75) is 19.8 Å². The summed E-state index contributed by atoms with van der Waals surface area (Å²) in [6.07, 6.45) is 1.18. The number of halogens is 1. The SMILES string of the molecule is Cc1cc(NC(=O)CN2C(=O)CCc3ccccc32)ccc1Br. The van der Waals surface area contributed by atoms with Crippen LogP contribution >= 0.6 is 15.9 Å². The topological polar surface area (TPSA) is 49.4 Å². The average molecular weight is 373 g/mol. The second-order valence-corrected chi connectivity index (χ2v) is 6.48. The van der Waals surface area contributed by atoms with E-state index in [4.69, 9.17) is 0 Å². The van der Waals surface area contributed by atoms with Gasteiger partial charge in [0.05, 0.1) is 0 Å². The van der Waals surface area contributed by atoms with Crippen LogP contribution in [0, 0.1) is 6.92 Å². The molecule has 1 heterocycles. The molecule has 118 valence electrons. The predicted octanol–water partition coefficient (Wildman–Crippen LogP) is 3.68. The van der Waals surface area contributed by atoms with Crippen molar-refractivity contribution >= 4 is 39.1 Å². The number of carbonyl (C=O) groups excluding carboxylic acids is 2. The maximum atomic E-state index is 12.3. The molecule has 0 bridgehead atoms. The molecule has 0 fully saturated rings. The monoisotopic (exact) mass is 372 g/mol. The van der Waals surface area contributed by atoms with E-state index in [0.717, 1.165) is 33.4 Å². The standard InChI is InChI=1S/C18H17BrN2O2/c1-12-10-14(7-8-15(12)19)20-17(22)11-21-16-5-3-2-4-13(16)6-9-18(21)23/h2-5,7-8,10H,6,9,11H2,1H3,(H,20,22). The third kappa shape index (κ3) is 3.45. The first kappa shape index (κ1) is 15.7. The zero-order valence-corrected chi connectivity index (χ0v) is 14.4. The van der Waals surface area contributed by atoms with Gasteiger partial charge in [0, 0.05) is 22.3 Å². The summed E-state index contributed by atoms with van der Waals surface area (Å²) in [5.41, 5.74) is 3.72. The Labute approximate surface area is 143 Å². The van der Waals surface area contributed by atoms with E-state index in [-0.39, 0.29) is 18.4 Å². The Kier molecular flexibility index (Phi) is 4.48. The van der Waals surface area contributed by atoms with Gasteiger partial charge in [0.15, 0.2) is 0 Å². The van der Waals surface area contributed by atoms with Crippen LogP contribution in [0.3, 0.4) is 0 Å². The second kappa shape index (κ2) is 6.54. The molecule has 1 N–H and O–H groups in total. The number of benzene rings is 2. The summed E-state index contributed by atoms with van der Waals surface area (Å²) < 4.78 is 0.996. The van der Waals surface area contributed by atoms with Gasteiger partial charge in [-0.2, -0.15) is 0 Å². The molecule has 0 atom stereocenters. The Hall–Kier alpha value is -2.14. The van der Waals surface area contributed by atoms with Gasteiger partial charge >= 0.3 is 0 Å². The fraction of sp³-hybridized carbons (Fsp3) is 0.222. The van der Waals surface area contributed by atoms with Crippen molar-refractivity contribution in [3.8, 4) is 0 Å². The van der Waals surface area contributed by atoms with Gasteiger partial charge in [-0.3, -0.25) is 9.59 Å². The zero-order chi connectivity index (χ0) is 16.4. The Morgan fingerprint density at radius 1 is 1.22 bits per heavy atom. The van der Waals surface area contributed by atoms with Crippen molar-refractivity contribution in [3.63, 3.8) is 0 Å². The Morgan fingerprint density at radius 3 is 2.78 bits per heavy atom. The van der Waals surface area contributed by atoms with Gasteiger partial charge in [-0.1, -0.05) is 34.1 Å². The van der Waals surface area contributed by atoms with Gasteiger partial charge in [-0.05, 0) is 48.7 Å². The molecule has 1 aliphatic heterocycles. The van der Waals surface area contributed by atoms with E-state index in [2.05, 4.69) is 21.2 Å². The maximum Gasteiger partial charge on any atom is 0.244 e. The minimum atomic E-state index is -0.197. The number of fused-ring (bicyclic) bond motifs is 1. The van der Waals surface area contributed by atoms with Gasteiger partial charge < -0.3 is 10.2 Å². The number of hydrogen-bond acceptors (Lipinski definition) is 2. The zero-order valence-electron chi connectivity index (χ0n) is 12.8. The fourth-order valence-electron chi connectivity index (χ4n) is 2.74. The lowest BCUT2D eigenvalue weighted by Crippen LogP contribution is -2.40. The summed E-state index contributed by atoms with van der Waals surface area (Å²) in [4.78, 5) is 26.1. The van der Waals surface area contributed by atoms with E-state index in [1.165, 1.54) is 0 Å². The number of para-hydroxylation sites is 1. The third-order valence-electron chi connectivity index (χ3n) is 3.94. The molecule has 0 spiro atoms. The summed E-state index contributed by atoms with van der Waals surface area (Å²) in [7, 11) is 0. The highest BCUT2D eigenvalue weighted by molar-refractivity contribution is 9.10. The molecular weight excluding hydrogens is 356 g/mol. The molecule has 0 saturated carbocycles. The van der Waals surface area contributed by atoms with Crippen molar-refractivity contribution in [1.82, 2.24) is 0 Å².